The first-order valence-corrected chi connectivity index (χ1v) is 9.62. The summed E-state index contributed by atoms with van der Waals surface area (Å²) in [5, 5.41) is 2.38. The van der Waals surface area contributed by atoms with Gasteiger partial charge in [0, 0.05) is 0 Å². The number of carbonyl (C=O) groups excluding carboxylic acids is 2. The first kappa shape index (κ1) is 26.0. The Labute approximate surface area is 186 Å². The van der Waals surface area contributed by atoms with Crippen molar-refractivity contribution in [3.8, 4) is 0 Å². The molecule has 0 spiro atoms. The van der Waals surface area contributed by atoms with Crippen molar-refractivity contribution in [2.24, 2.45) is 0 Å². The predicted octanol–water partition coefficient (Wildman–Crippen LogP) is 6.57. The Bertz CT molecular complexity index is 989. The van der Waals surface area contributed by atoms with E-state index in [1.807, 2.05) is 0 Å². The summed E-state index contributed by atoms with van der Waals surface area (Å²) in [6.07, 6.45) is -9.31. The molecular weight excluding hydrogens is 452 g/mol. The third kappa shape index (κ3) is 7.96. The molecule has 0 aliphatic heterocycles. The van der Waals surface area contributed by atoms with Gasteiger partial charge in [0.25, 0.3) is 0 Å². The lowest BCUT2D eigenvalue weighted by molar-refractivity contribution is -0.143. The van der Waals surface area contributed by atoms with Crippen LogP contribution in [0.5, 0.6) is 0 Å². The molecule has 1 amide bonds. The molecule has 0 aliphatic carbocycles. The lowest BCUT2D eigenvalue weighted by atomic mass is 10.0. The van der Waals surface area contributed by atoms with E-state index in [1.54, 1.807) is 39.0 Å². The predicted molar refractivity (Wildman–Crippen MR) is 109 cm³/mol. The summed E-state index contributed by atoms with van der Waals surface area (Å²) >= 11 is 0. The fourth-order valence-corrected chi connectivity index (χ4v) is 2.74. The summed E-state index contributed by atoms with van der Waals surface area (Å²) in [6, 6.07) is 7.63. The van der Waals surface area contributed by atoms with E-state index < -0.39 is 52.6 Å². The lowest BCUT2D eigenvalue weighted by Crippen LogP contribution is -2.37. The van der Waals surface area contributed by atoms with E-state index in [2.05, 4.69) is 5.32 Å². The second-order valence-corrected chi connectivity index (χ2v) is 8.06. The second kappa shape index (κ2) is 9.68. The van der Waals surface area contributed by atoms with Crippen LogP contribution in [0.1, 0.15) is 49.1 Å². The number of hydrogen-bond donors (Lipinski definition) is 1. The van der Waals surface area contributed by atoms with Crippen LogP contribution in [0.4, 0.5) is 31.1 Å². The topological polar surface area (TPSA) is 55.4 Å². The zero-order valence-corrected chi connectivity index (χ0v) is 17.8. The van der Waals surface area contributed by atoms with Crippen molar-refractivity contribution in [1.82, 2.24) is 5.32 Å². The quantitative estimate of drug-likeness (QED) is 0.395. The van der Waals surface area contributed by atoms with Crippen LogP contribution in [0.25, 0.3) is 6.08 Å². The van der Waals surface area contributed by atoms with E-state index in [-0.39, 0.29) is 6.07 Å². The summed E-state index contributed by atoms with van der Waals surface area (Å²) in [5.74, 6) is -0.780. The minimum Gasteiger partial charge on any atom is -0.444 e. The molecule has 178 valence electrons. The molecule has 0 aromatic heterocycles. The van der Waals surface area contributed by atoms with E-state index in [0.717, 1.165) is 12.2 Å². The van der Waals surface area contributed by atoms with Crippen molar-refractivity contribution >= 4 is 18.0 Å². The molecule has 1 atom stereocenters. The van der Waals surface area contributed by atoms with Crippen LogP contribution in [0.15, 0.2) is 54.6 Å². The number of hydrogen-bond acceptors (Lipinski definition) is 3. The average Bonchev–Trinajstić information content (AvgIpc) is 2.68. The summed E-state index contributed by atoms with van der Waals surface area (Å²) in [7, 11) is 0. The van der Waals surface area contributed by atoms with Gasteiger partial charge in [0.05, 0.1) is 11.1 Å². The molecule has 0 fully saturated rings. The van der Waals surface area contributed by atoms with Crippen LogP contribution in [0.3, 0.4) is 0 Å². The summed E-state index contributed by atoms with van der Waals surface area (Å²) in [4.78, 5) is 25.0. The molecule has 10 heteroatoms. The fourth-order valence-electron chi connectivity index (χ4n) is 2.74. The Hall–Kier alpha value is -3.30. The third-order valence-electron chi connectivity index (χ3n) is 4.13. The van der Waals surface area contributed by atoms with Gasteiger partial charge >= 0.3 is 18.4 Å². The molecule has 2 aromatic carbocycles. The van der Waals surface area contributed by atoms with Crippen LogP contribution in [0, 0.1) is 0 Å². The first-order valence-electron chi connectivity index (χ1n) is 9.62. The molecule has 0 heterocycles. The minimum atomic E-state index is -5.02. The fraction of sp³-hybridized carbons (Fsp3) is 0.304. The van der Waals surface area contributed by atoms with Gasteiger partial charge in [-0.05, 0) is 56.2 Å². The van der Waals surface area contributed by atoms with E-state index in [4.69, 9.17) is 4.74 Å². The lowest BCUT2D eigenvalue weighted by Gasteiger charge is -2.22. The summed E-state index contributed by atoms with van der Waals surface area (Å²) < 4.78 is 83.4. The normalized spacial score (nSPS) is 13.6. The zero-order valence-electron chi connectivity index (χ0n) is 17.8. The second-order valence-electron chi connectivity index (χ2n) is 8.06. The molecule has 1 unspecified atom stereocenters. The third-order valence-corrected chi connectivity index (χ3v) is 4.13. The number of nitrogens with one attached hydrogen (secondary N) is 1. The molecule has 2 rings (SSSR count). The molecule has 0 saturated carbocycles. The molecule has 1 N–H and O–H groups in total. The van der Waals surface area contributed by atoms with Crippen LogP contribution >= 0.6 is 0 Å². The molecule has 0 radical (unpaired) electrons. The van der Waals surface area contributed by atoms with Gasteiger partial charge in [0.15, 0.2) is 5.78 Å². The zero-order chi connectivity index (χ0) is 25.0. The number of ketones is 1. The van der Waals surface area contributed by atoms with Gasteiger partial charge in [-0.15, -0.1) is 0 Å². The Morgan fingerprint density at radius 2 is 1.39 bits per heavy atom. The molecule has 2 aromatic rings. The maximum atomic E-state index is 13.0. The van der Waals surface area contributed by atoms with Gasteiger partial charge in [-0.25, -0.2) is 4.79 Å². The van der Waals surface area contributed by atoms with Crippen molar-refractivity contribution < 1.29 is 40.7 Å². The number of rotatable bonds is 5. The van der Waals surface area contributed by atoms with Crippen molar-refractivity contribution in [1.29, 1.82) is 0 Å². The summed E-state index contributed by atoms with van der Waals surface area (Å²) in [5.41, 5.74) is -4.00. The van der Waals surface area contributed by atoms with E-state index >= 15 is 0 Å². The number of alkyl halides is 6. The highest BCUT2D eigenvalue weighted by atomic mass is 19.4. The highest BCUT2D eigenvalue weighted by Crippen LogP contribution is 2.36. The standard InChI is InChI=1S/C23H21F6NO3/c1-21(2,3)33-20(32)30-19(15-7-5-4-6-8-15)18(31)10-9-14-11-16(22(24,25)26)13-17(12-14)23(27,28)29/h4-13,19H,1-3H3,(H,30,32). The van der Waals surface area contributed by atoms with E-state index in [1.165, 1.54) is 12.1 Å². The molecule has 4 nitrogen and oxygen atoms in total. The molecular formula is C23H21F6NO3. The number of carbonyl (C=O) groups is 2. The number of halogens is 6. The monoisotopic (exact) mass is 473 g/mol. The smallest absolute Gasteiger partial charge is 0.416 e. The van der Waals surface area contributed by atoms with E-state index in [0.29, 0.717) is 17.7 Å². The van der Waals surface area contributed by atoms with E-state index in [9.17, 15) is 35.9 Å². The Balaban J connectivity index is 2.39. The van der Waals surface area contributed by atoms with Crippen LogP contribution in [-0.2, 0) is 21.9 Å². The van der Waals surface area contributed by atoms with Crippen molar-refractivity contribution in [2.75, 3.05) is 0 Å². The highest BCUT2D eigenvalue weighted by Gasteiger charge is 2.36. The first-order chi connectivity index (χ1) is 15.1. The number of benzene rings is 2. The van der Waals surface area contributed by atoms with Crippen molar-refractivity contribution in [3.63, 3.8) is 0 Å². The maximum absolute atomic E-state index is 13.0. The van der Waals surface area contributed by atoms with Crippen molar-refractivity contribution in [3.05, 3.63) is 76.9 Å². The minimum absolute atomic E-state index is 0.00397. The van der Waals surface area contributed by atoms with Crippen LogP contribution in [0.2, 0.25) is 0 Å². The summed E-state index contributed by atoms with van der Waals surface area (Å²) in [6.45, 7) is 4.83. The largest absolute Gasteiger partial charge is 0.444 e. The Morgan fingerprint density at radius 1 is 0.879 bits per heavy atom. The number of alkyl carbamates (subject to hydrolysis) is 1. The molecule has 0 saturated heterocycles. The maximum Gasteiger partial charge on any atom is 0.416 e. The van der Waals surface area contributed by atoms with Gasteiger partial charge in [-0.2, -0.15) is 26.3 Å². The highest BCUT2D eigenvalue weighted by molar-refractivity contribution is 5.99. The van der Waals surface area contributed by atoms with Crippen LogP contribution in [-0.4, -0.2) is 17.5 Å². The van der Waals surface area contributed by atoms with Crippen molar-refractivity contribution in [2.45, 2.75) is 44.8 Å². The van der Waals surface area contributed by atoms with Gasteiger partial charge < -0.3 is 10.1 Å². The average molecular weight is 473 g/mol. The molecule has 33 heavy (non-hydrogen) atoms. The molecule has 0 aliphatic rings. The Morgan fingerprint density at radius 3 is 1.85 bits per heavy atom. The number of ether oxygens (including phenoxy) is 1. The van der Waals surface area contributed by atoms with Gasteiger partial charge in [0.2, 0.25) is 0 Å². The van der Waals surface area contributed by atoms with Gasteiger partial charge in [-0.1, -0.05) is 36.4 Å². The Kier molecular flexibility index (Phi) is 7.61. The molecule has 0 bridgehead atoms. The van der Waals surface area contributed by atoms with Crippen LogP contribution < -0.4 is 5.32 Å². The van der Waals surface area contributed by atoms with Gasteiger partial charge in [0.1, 0.15) is 11.6 Å². The SMILES string of the molecule is CC(C)(C)OC(=O)NC(C(=O)C=Cc1cc(C(F)(F)F)cc(C(F)(F)F)c1)c1ccccc1. The number of amides is 1. The van der Waals surface area contributed by atoms with Gasteiger partial charge in [-0.3, -0.25) is 4.79 Å².